The van der Waals surface area contributed by atoms with Gasteiger partial charge in [0.15, 0.2) is 5.60 Å². The van der Waals surface area contributed by atoms with E-state index in [-0.39, 0.29) is 12.8 Å². The Balaban J connectivity index is 2.78. The van der Waals surface area contributed by atoms with Gasteiger partial charge >= 0.3 is 0 Å². The van der Waals surface area contributed by atoms with Gasteiger partial charge in [0.05, 0.1) is 18.6 Å². The van der Waals surface area contributed by atoms with Gasteiger partial charge < -0.3 is 5.11 Å². The van der Waals surface area contributed by atoms with Gasteiger partial charge in [-0.05, 0) is 5.56 Å². The van der Waals surface area contributed by atoms with E-state index in [9.17, 15) is 5.11 Å². The average molecular weight is 186 g/mol. The summed E-state index contributed by atoms with van der Waals surface area (Å²) in [5, 5.41) is 26.9. The largest absolute Gasteiger partial charge is 0.374 e. The molecule has 1 rings (SSSR count). The summed E-state index contributed by atoms with van der Waals surface area (Å²) < 4.78 is 0. The Morgan fingerprint density at radius 1 is 1.21 bits per heavy atom. The van der Waals surface area contributed by atoms with Crippen molar-refractivity contribution in [3.05, 3.63) is 35.9 Å². The third kappa shape index (κ3) is 2.58. The van der Waals surface area contributed by atoms with Gasteiger partial charge in [0, 0.05) is 6.42 Å². The van der Waals surface area contributed by atoms with Crippen LogP contribution in [0.5, 0.6) is 0 Å². The molecule has 0 saturated carbocycles. The Hall–Kier alpha value is -1.84. The van der Waals surface area contributed by atoms with Crippen LogP contribution in [0.1, 0.15) is 12.0 Å². The highest BCUT2D eigenvalue weighted by atomic mass is 16.3. The molecule has 1 N–H and O–H groups in total. The van der Waals surface area contributed by atoms with E-state index in [1.165, 1.54) is 0 Å². The minimum atomic E-state index is -1.56. The molecule has 0 aliphatic carbocycles. The van der Waals surface area contributed by atoms with Gasteiger partial charge in [0.2, 0.25) is 0 Å². The Kier molecular flexibility index (Phi) is 3.23. The van der Waals surface area contributed by atoms with E-state index in [2.05, 4.69) is 0 Å². The van der Waals surface area contributed by atoms with E-state index in [0.717, 1.165) is 5.56 Å². The first-order valence-corrected chi connectivity index (χ1v) is 4.25. The third-order valence-electron chi connectivity index (χ3n) is 1.92. The van der Waals surface area contributed by atoms with Crippen LogP contribution < -0.4 is 0 Å². The van der Waals surface area contributed by atoms with Crippen molar-refractivity contribution in [3.8, 4) is 12.1 Å². The molecule has 70 valence electrons. The van der Waals surface area contributed by atoms with Crippen LogP contribution in [0.4, 0.5) is 0 Å². The van der Waals surface area contributed by atoms with E-state index in [0.29, 0.717) is 0 Å². The predicted octanol–water partition coefficient (Wildman–Crippen LogP) is 1.40. The number of nitrogens with zero attached hydrogens (tertiary/aromatic N) is 2. The van der Waals surface area contributed by atoms with Crippen LogP contribution in [-0.2, 0) is 6.42 Å². The van der Waals surface area contributed by atoms with Crippen molar-refractivity contribution in [2.45, 2.75) is 18.4 Å². The molecule has 1 unspecified atom stereocenters. The van der Waals surface area contributed by atoms with Gasteiger partial charge in [-0.1, -0.05) is 30.3 Å². The first-order valence-electron chi connectivity index (χ1n) is 4.25. The summed E-state index contributed by atoms with van der Waals surface area (Å²) in [5.41, 5.74) is -0.706. The molecule has 0 spiro atoms. The van der Waals surface area contributed by atoms with Crippen LogP contribution in [0.15, 0.2) is 30.3 Å². The molecule has 0 heterocycles. The summed E-state index contributed by atoms with van der Waals surface area (Å²) in [4.78, 5) is 0. The predicted molar refractivity (Wildman–Crippen MR) is 50.9 cm³/mol. The number of benzene rings is 1. The zero-order valence-electron chi connectivity index (χ0n) is 7.64. The fourth-order valence-electron chi connectivity index (χ4n) is 1.21. The van der Waals surface area contributed by atoms with Crippen LogP contribution in [-0.4, -0.2) is 10.7 Å². The molecule has 1 atom stereocenters. The highest BCUT2D eigenvalue weighted by Crippen LogP contribution is 2.15. The zero-order valence-corrected chi connectivity index (χ0v) is 7.64. The fraction of sp³-hybridized carbons (Fsp3) is 0.273. The Morgan fingerprint density at radius 2 is 1.86 bits per heavy atom. The maximum Gasteiger partial charge on any atom is 0.167 e. The average Bonchev–Trinajstić information content (AvgIpc) is 2.20. The summed E-state index contributed by atoms with van der Waals surface area (Å²) in [6.45, 7) is 0. The molecule has 0 radical (unpaired) electrons. The van der Waals surface area contributed by atoms with Crippen LogP contribution >= 0.6 is 0 Å². The molecule has 14 heavy (non-hydrogen) atoms. The quantitative estimate of drug-likeness (QED) is 0.725. The lowest BCUT2D eigenvalue weighted by molar-refractivity contribution is 0.104. The summed E-state index contributed by atoms with van der Waals surface area (Å²) in [7, 11) is 0. The number of hydrogen-bond acceptors (Lipinski definition) is 3. The lowest BCUT2D eigenvalue weighted by Gasteiger charge is -2.16. The Bertz CT molecular complexity index is 375. The standard InChI is InChI=1S/C11H10N2O/c12-7-6-11(14,9-13)8-10-4-2-1-3-5-10/h1-5,14H,6,8H2. The van der Waals surface area contributed by atoms with E-state index in [4.69, 9.17) is 10.5 Å². The first kappa shape index (κ1) is 10.2. The van der Waals surface area contributed by atoms with Crippen molar-refractivity contribution in [3.63, 3.8) is 0 Å². The molecule has 0 aliphatic rings. The molecule has 3 heteroatoms. The Morgan fingerprint density at radius 3 is 2.36 bits per heavy atom. The number of rotatable bonds is 3. The number of hydrogen-bond donors (Lipinski definition) is 1. The topological polar surface area (TPSA) is 67.8 Å². The molecule has 3 nitrogen and oxygen atoms in total. The second-order valence-electron chi connectivity index (χ2n) is 3.14. The van der Waals surface area contributed by atoms with E-state index < -0.39 is 5.60 Å². The molecule has 1 aromatic carbocycles. The normalized spacial score (nSPS) is 13.6. The summed E-state index contributed by atoms with van der Waals surface area (Å²) >= 11 is 0. The van der Waals surface area contributed by atoms with Gasteiger partial charge in [0.1, 0.15) is 0 Å². The van der Waals surface area contributed by atoms with Gasteiger partial charge in [-0.15, -0.1) is 0 Å². The minimum Gasteiger partial charge on any atom is -0.374 e. The monoisotopic (exact) mass is 186 g/mol. The van der Waals surface area contributed by atoms with Gasteiger partial charge in [0.25, 0.3) is 0 Å². The molecule has 0 fully saturated rings. The van der Waals surface area contributed by atoms with E-state index >= 15 is 0 Å². The van der Waals surface area contributed by atoms with Crippen LogP contribution in [0.2, 0.25) is 0 Å². The van der Waals surface area contributed by atoms with Crippen molar-refractivity contribution in [2.75, 3.05) is 0 Å². The minimum absolute atomic E-state index is 0.168. The van der Waals surface area contributed by atoms with E-state index in [1.54, 1.807) is 12.1 Å². The van der Waals surface area contributed by atoms with Gasteiger partial charge in [-0.3, -0.25) is 0 Å². The summed E-state index contributed by atoms with van der Waals surface area (Å²) in [6, 6.07) is 12.7. The van der Waals surface area contributed by atoms with Crippen molar-refractivity contribution < 1.29 is 5.11 Å². The van der Waals surface area contributed by atoms with Crippen molar-refractivity contribution >= 4 is 0 Å². The van der Waals surface area contributed by atoms with Crippen molar-refractivity contribution in [1.82, 2.24) is 0 Å². The molecular weight excluding hydrogens is 176 g/mol. The van der Waals surface area contributed by atoms with Crippen molar-refractivity contribution in [1.29, 1.82) is 10.5 Å². The lowest BCUT2D eigenvalue weighted by atomic mass is 9.93. The summed E-state index contributed by atoms with van der Waals surface area (Å²) in [5.74, 6) is 0. The molecule has 0 aliphatic heterocycles. The zero-order chi connectivity index (χ0) is 10.4. The molecule has 0 aromatic heterocycles. The highest BCUT2D eigenvalue weighted by Gasteiger charge is 2.26. The SMILES string of the molecule is N#CCC(O)(C#N)Cc1ccccc1. The lowest BCUT2D eigenvalue weighted by Crippen LogP contribution is -2.28. The van der Waals surface area contributed by atoms with Crippen molar-refractivity contribution in [2.24, 2.45) is 0 Å². The smallest absolute Gasteiger partial charge is 0.167 e. The second kappa shape index (κ2) is 4.41. The van der Waals surface area contributed by atoms with Gasteiger partial charge in [-0.2, -0.15) is 10.5 Å². The molecule has 0 amide bonds. The molecule has 1 aromatic rings. The van der Waals surface area contributed by atoms with E-state index in [1.807, 2.05) is 30.3 Å². The Labute approximate surface area is 82.8 Å². The van der Waals surface area contributed by atoms with Crippen LogP contribution in [0.3, 0.4) is 0 Å². The fourth-order valence-corrected chi connectivity index (χ4v) is 1.21. The molecule has 0 saturated heterocycles. The maximum absolute atomic E-state index is 9.69. The van der Waals surface area contributed by atoms with Crippen LogP contribution in [0.25, 0.3) is 0 Å². The highest BCUT2D eigenvalue weighted by molar-refractivity contribution is 5.21. The van der Waals surface area contributed by atoms with Crippen LogP contribution in [0, 0.1) is 22.7 Å². The number of aliphatic hydroxyl groups is 1. The van der Waals surface area contributed by atoms with Gasteiger partial charge in [-0.25, -0.2) is 0 Å². The molecular formula is C11H10N2O. The first-order chi connectivity index (χ1) is 6.70. The third-order valence-corrected chi connectivity index (χ3v) is 1.92. The number of nitriles is 2. The summed E-state index contributed by atoms with van der Waals surface area (Å²) in [6.07, 6.45) is 0.0241. The second-order valence-corrected chi connectivity index (χ2v) is 3.14. The molecule has 0 bridgehead atoms. The maximum atomic E-state index is 9.69.